The molecule has 1 fully saturated rings. The predicted molar refractivity (Wildman–Crippen MR) is 78.0 cm³/mol. The fourth-order valence-corrected chi connectivity index (χ4v) is 2.80. The molecule has 0 aliphatic carbocycles. The van der Waals surface area contributed by atoms with Crippen LogP contribution in [-0.2, 0) is 4.79 Å². The van der Waals surface area contributed by atoms with Crippen LogP contribution < -0.4 is 5.32 Å². The molecule has 0 saturated carbocycles. The number of carbonyl (C=O) groups excluding carboxylic acids is 1. The van der Waals surface area contributed by atoms with Gasteiger partial charge < -0.3 is 10.4 Å². The van der Waals surface area contributed by atoms with Gasteiger partial charge in [0.2, 0.25) is 5.91 Å². The lowest BCUT2D eigenvalue weighted by Crippen LogP contribution is -2.53. The van der Waals surface area contributed by atoms with Gasteiger partial charge in [0, 0.05) is 24.6 Å². The largest absolute Gasteiger partial charge is 0.396 e. The second-order valence-corrected chi connectivity index (χ2v) is 6.24. The summed E-state index contributed by atoms with van der Waals surface area (Å²) in [5.74, 6) is 0.121. The average molecular weight is 270 g/mol. The first kappa shape index (κ1) is 16.4. The molecule has 1 heterocycles. The summed E-state index contributed by atoms with van der Waals surface area (Å²) in [6.07, 6.45) is 4.05. The Morgan fingerprint density at radius 3 is 2.58 bits per heavy atom. The topological polar surface area (TPSA) is 52.6 Å². The number of amides is 1. The van der Waals surface area contributed by atoms with Crippen molar-refractivity contribution in [3.8, 4) is 0 Å². The zero-order valence-corrected chi connectivity index (χ0v) is 12.9. The van der Waals surface area contributed by atoms with E-state index < -0.39 is 0 Å². The Balaban J connectivity index is 2.56. The number of carbonyl (C=O) groups is 1. The van der Waals surface area contributed by atoms with E-state index in [9.17, 15) is 9.90 Å². The normalized spacial score (nSPS) is 26.4. The first-order chi connectivity index (χ1) is 8.95. The van der Waals surface area contributed by atoms with Crippen LogP contribution in [0.5, 0.6) is 0 Å². The summed E-state index contributed by atoms with van der Waals surface area (Å²) >= 11 is 0. The van der Waals surface area contributed by atoms with E-state index in [1.165, 1.54) is 0 Å². The number of likely N-dealkylation sites (tertiary alicyclic amines) is 1. The van der Waals surface area contributed by atoms with Crippen LogP contribution in [0.3, 0.4) is 0 Å². The van der Waals surface area contributed by atoms with E-state index in [1.807, 2.05) is 6.92 Å². The van der Waals surface area contributed by atoms with Gasteiger partial charge >= 0.3 is 0 Å². The summed E-state index contributed by atoms with van der Waals surface area (Å²) in [6.45, 7) is 10.2. The van der Waals surface area contributed by atoms with Crippen LogP contribution in [0.1, 0.15) is 53.4 Å². The van der Waals surface area contributed by atoms with Crippen molar-refractivity contribution in [3.63, 3.8) is 0 Å². The van der Waals surface area contributed by atoms with Gasteiger partial charge in [-0.2, -0.15) is 0 Å². The maximum Gasteiger partial charge on any atom is 0.237 e. The third-order valence-corrected chi connectivity index (χ3v) is 4.45. The molecular formula is C15H30N2O2. The number of aliphatic hydroxyl groups excluding tert-OH is 1. The highest BCUT2D eigenvalue weighted by Gasteiger charge is 2.34. The molecule has 1 rings (SSSR count). The van der Waals surface area contributed by atoms with Gasteiger partial charge in [-0.05, 0) is 39.2 Å². The molecule has 1 saturated heterocycles. The van der Waals surface area contributed by atoms with Crippen molar-refractivity contribution in [2.75, 3.05) is 19.7 Å². The van der Waals surface area contributed by atoms with Gasteiger partial charge in [0.15, 0.2) is 0 Å². The fraction of sp³-hybridized carbons (Fsp3) is 0.933. The van der Waals surface area contributed by atoms with Crippen molar-refractivity contribution in [3.05, 3.63) is 0 Å². The van der Waals surface area contributed by atoms with Gasteiger partial charge in [0.05, 0.1) is 6.04 Å². The molecule has 4 nitrogen and oxygen atoms in total. The van der Waals surface area contributed by atoms with Gasteiger partial charge in [-0.1, -0.05) is 20.8 Å². The van der Waals surface area contributed by atoms with Crippen molar-refractivity contribution in [2.45, 2.75) is 65.5 Å². The first-order valence-corrected chi connectivity index (χ1v) is 7.61. The maximum absolute atomic E-state index is 12.3. The molecular weight excluding hydrogens is 240 g/mol. The van der Waals surface area contributed by atoms with Crippen LogP contribution in [0, 0.1) is 5.41 Å². The first-order valence-electron chi connectivity index (χ1n) is 7.61. The number of nitrogens with zero attached hydrogens (tertiary/aromatic N) is 1. The lowest BCUT2D eigenvalue weighted by atomic mass is 9.82. The van der Waals surface area contributed by atoms with Crippen molar-refractivity contribution >= 4 is 5.91 Å². The molecule has 1 aliphatic heterocycles. The molecule has 0 aromatic heterocycles. The van der Waals surface area contributed by atoms with Gasteiger partial charge in [-0.15, -0.1) is 0 Å². The zero-order chi connectivity index (χ0) is 14.5. The Hall–Kier alpha value is -0.610. The van der Waals surface area contributed by atoms with Gasteiger partial charge in [0.1, 0.15) is 0 Å². The molecule has 4 heteroatoms. The monoisotopic (exact) mass is 270 g/mol. The Bertz CT molecular complexity index is 292. The Labute approximate surface area is 117 Å². The molecule has 2 unspecified atom stereocenters. The van der Waals surface area contributed by atoms with Gasteiger partial charge in [-0.3, -0.25) is 9.69 Å². The molecule has 0 aromatic rings. The lowest BCUT2D eigenvalue weighted by molar-refractivity contribution is -0.128. The van der Waals surface area contributed by atoms with E-state index in [0.29, 0.717) is 0 Å². The summed E-state index contributed by atoms with van der Waals surface area (Å²) in [5, 5.41) is 12.6. The second kappa shape index (κ2) is 7.25. The van der Waals surface area contributed by atoms with Crippen molar-refractivity contribution in [2.24, 2.45) is 5.41 Å². The Kier molecular flexibility index (Phi) is 6.27. The molecule has 2 N–H and O–H groups in total. The number of hydrogen-bond acceptors (Lipinski definition) is 3. The van der Waals surface area contributed by atoms with Crippen molar-refractivity contribution < 1.29 is 9.90 Å². The van der Waals surface area contributed by atoms with E-state index in [1.54, 1.807) is 0 Å². The third kappa shape index (κ3) is 4.46. The SMILES string of the molecule is CCC(CC)NC(=O)C(C)N1CCCC(C)(CO)C1. The van der Waals surface area contributed by atoms with E-state index >= 15 is 0 Å². The van der Waals surface area contributed by atoms with E-state index in [2.05, 4.69) is 31.0 Å². The second-order valence-electron chi connectivity index (χ2n) is 6.24. The van der Waals surface area contributed by atoms with Crippen LogP contribution in [0.2, 0.25) is 0 Å². The fourth-order valence-electron chi connectivity index (χ4n) is 2.80. The minimum absolute atomic E-state index is 0.0539. The van der Waals surface area contributed by atoms with Crippen LogP contribution in [0.4, 0.5) is 0 Å². The Morgan fingerprint density at radius 2 is 2.05 bits per heavy atom. The predicted octanol–water partition coefficient (Wildman–Crippen LogP) is 1.77. The zero-order valence-electron chi connectivity index (χ0n) is 12.9. The number of rotatable bonds is 6. The summed E-state index contributed by atoms with van der Waals surface area (Å²) in [6, 6.07) is 0.177. The quantitative estimate of drug-likeness (QED) is 0.773. The molecule has 1 amide bonds. The Morgan fingerprint density at radius 1 is 1.42 bits per heavy atom. The molecule has 19 heavy (non-hydrogen) atoms. The summed E-state index contributed by atoms with van der Waals surface area (Å²) in [7, 11) is 0. The standard InChI is InChI=1S/C15H30N2O2/c1-5-13(6-2)16-14(19)12(3)17-9-7-8-15(4,10-17)11-18/h12-13,18H,5-11H2,1-4H3,(H,16,19). The highest BCUT2D eigenvalue weighted by Crippen LogP contribution is 2.29. The highest BCUT2D eigenvalue weighted by molar-refractivity contribution is 5.81. The van der Waals surface area contributed by atoms with Crippen LogP contribution in [0.25, 0.3) is 0 Å². The molecule has 0 aromatic carbocycles. The minimum Gasteiger partial charge on any atom is -0.396 e. The number of aliphatic hydroxyl groups is 1. The van der Waals surface area contributed by atoms with Crippen molar-refractivity contribution in [1.29, 1.82) is 0 Å². The van der Waals surface area contributed by atoms with Crippen LogP contribution in [-0.4, -0.2) is 47.7 Å². The average Bonchev–Trinajstić information content (AvgIpc) is 2.43. The molecule has 2 atom stereocenters. The lowest BCUT2D eigenvalue weighted by Gasteiger charge is -2.41. The molecule has 0 spiro atoms. The van der Waals surface area contributed by atoms with E-state index in [4.69, 9.17) is 0 Å². The van der Waals surface area contributed by atoms with Gasteiger partial charge in [0.25, 0.3) is 0 Å². The molecule has 1 aliphatic rings. The summed E-state index contributed by atoms with van der Waals surface area (Å²) < 4.78 is 0. The number of nitrogens with one attached hydrogen (secondary N) is 1. The number of hydrogen-bond donors (Lipinski definition) is 2. The number of piperidine rings is 1. The minimum atomic E-state index is -0.105. The van der Waals surface area contributed by atoms with Crippen LogP contribution in [0.15, 0.2) is 0 Å². The van der Waals surface area contributed by atoms with E-state index in [-0.39, 0.29) is 30.0 Å². The van der Waals surface area contributed by atoms with E-state index in [0.717, 1.165) is 38.8 Å². The summed E-state index contributed by atoms with van der Waals surface area (Å²) in [4.78, 5) is 14.5. The highest BCUT2D eigenvalue weighted by atomic mass is 16.3. The van der Waals surface area contributed by atoms with Crippen molar-refractivity contribution in [1.82, 2.24) is 10.2 Å². The maximum atomic E-state index is 12.3. The summed E-state index contributed by atoms with van der Waals surface area (Å²) in [5.41, 5.74) is -0.0539. The van der Waals surface area contributed by atoms with Gasteiger partial charge in [-0.25, -0.2) is 0 Å². The third-order valence-electron chi connectivity index (χ3n) is 4.45. The molecule has 0 radical (unpaired) electrons. The van der Waals surface area contributed by atoms with Crippen LogP contribution >= 0.6 is 0 Å². The molecule has 0 bridgehead atoms. The molecule has 112 valence electrons. The smallest absolute Gasteiger partial charge is 0.237 e.